The Labute approximate surface area is 222 Å². The summed E-state index contributed by atoms with van der Waals surface area (Å²) in [4.78, 5) is 7.42. The zero-order valence-corrected chi connectivity index (χ0v) is 21.9. The van der Waals surface area contributed by atoms with Crippen molar-refractivity contribution in [3.8, 4) is 17.0 Å². The summed E-state index contributed by atoms with van der Waals surface area (Å²) < 4.78 is 23.0. The van der Waals surface area contributed by atoms with Gasteiger partial charge in [-0.05, 0) is 62.4 Å². The van der Waals surface area contributed by atoms with Crippen LogP contribution in [0.3, 0.4) is 0 Å². The van der Waals surface area contributed by atoms with Gasteiger partial charge in [-0.3, -0.25) is 4.90 Å². The molecule has 2 aliphatic heterocycles. The second-order valence-electron chi connectivity index (χ2n) is 10.5. The second-order valence-corrected chi connectivity index (χ2v) is 10.5. The van der Waals surface area contributed by atoms with Crippen molar-refractivity contribution in [1.82, 2.24) is 25.0 Å². The normalized spacial score (nSPS) is 22.7. The number of pyridine rings is 1. The highest BCUT2D eigenvalue weighted by atomic mass is 19.1. The van der Waals surface area contributed by atoms with E-state index in [0.717, 1.165) is 60.7 Å². The summed E-state index contributed by atoms with van der Waals surface area (Å²) in [5, 5.41) is 19.4. The SMILES string of the molecule is Cc1nn(C2CCCCO2)c2nc(-c3ccc(O)cc3F)cc(CN3CC(c4ccccc4)NCC3C)c12. The van der Waals surface area contributed by atoms with Gasteiger partial charge in [0, 0.05) is 55.3 Å². The predicted octanol–water partition coefficient (Wildman–Crippen LogP) is 5.49. The van der Waals surface area contributed by atoms with Gasteiger partial charge in [-0.25, -0.2) is 14.1 Å². The number of ether oxygens (including phenoxy) is 1. The van der Waals surface area contributed by atoms with E-state index in [0.29, 0.717) is 30.5 Å². The lowest BCUT2D eigenvalue weighted by Gasteiger charge is -2.39. The van der Waals surface area contributed by atoms with Gasteiger partial charge in [-0.1, -0.05) is 30.3 Å². The van der Waals surface area contributed by atoms with Gasteiger partial charge in [-0.15, -0.1) is 0 Å². The highest BCUT2D eigenvalue weighted by Crippen LogP contribution is 2.34. The first-order chi connectivity index (χ1) is 18.5. The first-order valence-corrected chi connectivity index (χ1v) is 13.5. The zero-order chi connectivity index (χ0) is 26.2. The number of aromatic hydroxyl groups is 1. The molecule has 2 aromatic heterocycles. The van der Waals surface area contributed by atoms with Gasteiger partial charge in [0.15, 0.2) is 11.9 Å². The second kappa shape index (κ2) is 10.4. The topological polar surface area (TPSA) is 75.4 Å². The molecule has 2 aliphatic rings. The van der Waals surface area contributed by atoms with E-state index < -0.39 is 5.82 Å². The lowest BCUT2D eigenvalue weighted by Crippen LogP contribution is -2.50. The van der Waals surface area contributed by atoms with Crippen molar-refractivity contribution < 1.29 is 14.2 Å². The van der Waals surface area contributed by atoms with Gasteiger partial charge in [0.2, 0.25) is 0 Å². The van der Waals surface area contributed by atoms with Crippen LogP contribution in [0.1, 0.15) is 55.3 Å². The highest BCUT2D eigenvalue weighted by Gasteiger charge is 2.29. The summed E-state index contributed by atoms with van der Waals surface area (Å²) in [6.07, 6.45) is 2.81. The lowest BCUT2D eigenvalue weighted by atomic mass is 10.00. The summed E-state index contributed by atoms with van der Waals surface area (Å²) in [6, 6.07) is 17.3. The highest BCUT2D eigenvalue weighted by molar-refractivity contribution is 5.85. The number of benzene rings is 2. The van der Waals surface area contributed by atoms with Crippen LogP contribution < -0.4 is 5.32 Å². The van der Waals surface area contributed by atoms with Gasteiger partial charge in [-0.2, -0.15) is 5.10 Å². The summed E-state index contributed by atoms with van der Waals surface area (Å²) in [5.41, 5.74) is 4.85. The number of aryl methyl sites for hydroxylation is 1. The van der Waals surface area contributed by atoms with Crippen LogP contribution in [0.25, 0.3) is 22.3 Å². The Kier molecular flexibility index (Phi) is 6.86. The van der Waals surface area contributed by atoms with Crippen LogP contribution in [0.2, 0.25) is 0 Å². The van der Waals surface area contributed by atoms with Gasteiger partial charge >= 0.3 is 0 Å². The number of aromatic nitrogens is 3. The Morgan fingerprint density at radius 2 is 1.97 bits per heavy atom. The molecule has 0 saturated carbocycles. The fraction of sp³-hybridized carbons (Fsp3) is 0.400. The average molecular weight is 516 g/mol. The number of fused-ring (bicyclic) bond motifs is 1. The smallest absolute Gasteiger partial charge is 0.161 e. The van der Waals surface area contributed by atoms with E-state index in [1.165, 1.54) is 11.6 Å². The molecular formula is C30H34FN5O2. The zero-order valence-electron chi connectivity index (χ0n) is 21.9. The van der Waals surface area contributed by atoms with Crippen LogP contribution in [-0.4, -0.2) is 50.5 Å². The van der Waals surface area contributed by atoms with E-state index in [-0.39, 0.29) is 18.0 Å². The maximum Gasteiger partial charge on any atom is 0.161 e. The van der Waals surface area contributed by atoms with Crippen LogP contribution in [0, 0.1) is 12.7 Å². The largest absolute Gasteiger partial charge is 0.508 e. The Bertz CT molecular complexity index is 1430. The molecule has 198 valence electrons. The molecule has 0 amide bonds. The molecule has 2 aromatic carbocycles. The number of nitrogens with zero attached hydrogens (tertiary/aromatic N) is 4. The number of piperazine rings is 1. The molecule has 3 atom stereocenters. The van der Waals surface area contributed by atoms with E-state index in [4.69, 9.17) is 14.8 Å². The van der Waals surface area contributed by atoms with E-state index in [9.17, 15) is 5.11 Å². The molecule has 38 heavy (non-hydrogen) atoms. The minimum absolute atomic E-state index is 0.106. The first-order valence-electron chi connectivity index (χ1n) is 13.5. The molecule has 0 aliphatic carbocycles. The summed E-state index contributed by atoms with van der Waals surface area (Å²) in [7, 11) is 0. The Morgan fingerprint density at radius 3 is 2.74 bits per heavy atom. The Balaban J connectivity index is 1.44. The lowest BCUT2D eigenvalue weighted by molar-refractivity contribution is -0.0371. The third-order valence-corrected chi connectivity index (χ3v) is 7.85. The van der Waals surface area contributed by atoms with Crippen LogP contribution in [-0.2, 0) is 11.3 Å². The molecule has 0 radical (unpaired) electrons. The maximum atomic E-state index is 15.0. The van der Waals surface area contributed by atoms with Crippen LogP contribution >= 0.6 is 0 Å². The van der Waals surface area contributed by atoms with Crippen molar-refractivity contribution in [1.29, 1.82) is 0 Å². The van der Waals surface area contributed by atoms with E-state index in [1.54, 1.807) is 6.07 Å². The van der Waals surface area contributed by atoms with E-state index >= 15 is 4.39 Å². The molecule has 3 unspecified atom stereocenters. The van der Waals surface area contributed by atoms with Gasteiger partial charge in [0.1, 0.15) is 11.6 Å². The van der Waals surface area contributed by atoms with Crippen LogP contribution in [0.4, 0.5) is 4.39 Å². The number of nitrogens with one attached hydrogen (secondary N) is 1. The molecule has 0 spiro atoms. The molecule has 4 heterocycles. The van der Waals surface area contributed by atoms with Crippen molar-refractivity contribution >= 4 is 11.0 Å². The van der Waals surface area contributed by atoms with Crippen LogP contribution in [0.15, 0.2) is 54.6 Å². The third kappa shape index (κ3) is 4.79. The van der Waals surface area contributed by atoms with Gasteiger partial charge in [0.25, 0.3) is 0 Å². The number of hydrogen-bond acceptors (Lipinski definition) is 6. The number of phenols is 1. The van der Waals surface area contributed by atoms with Crippen molar-refractivity contribution in [2.75, 3.05) is 19.7 Å². The van der Waals surface area contributed by atoms with Crippen molar-refractivity contribution in [2.24, 2.45) is 0 Å². The summed E-state index contributed by atoms with van der Waals surface area (Å²) in [5.74, 6) is -0.607. The Morgan fingerprint density at radius 1 is 1.13 bits per heavy atom. The molecular weight excluding hydrogens is 481 g/mol. The molecule has 2 saturated heterocycles. The molecule has 4 aromatic rings. The standard InChI is InChI=1S/C30H34FN5O2/c1-19-16-32-27(21-8-4-3-5-9-21)18-35(19)17-22-14-26(24-12-11-23(37)15-25(24)31)33-30-29(22)20(2)34-36(30)28-10-6-7-13-38-28/h3-5,8-9,11-12,14-15,19,27-28,32,37H,6-7,10,13,16-18H2,1-2H3. The fourth-order valence-electron chi connectivity index (χ4n) is 5.76. The van der Waals surface area contributed by atoms with Gasteiger partial charge < -0.3 is 15.2 Å². The van der Waals surface area contributed by atoms with Crippen molar-refractivity contribution in [3.05, 3.63) is 77.2 Å². The minimum Gasteiger partial charge on any atom is -0.508 e. The molecule has 7 nitrogen and oxygen atoms in total. The predicted molar refractivity (Wildman–Crippen MR) is 145 cm³/mol. The van der Waals surface area contributed by atoms with Gasteiger partial charge in [0.05, 0.1) is 11.4 Å². The number of hydrogen-bond donors (Lipinski definition) is 2. The molecule has 2 fully saturated rings. The quantitative estimate of drug-likeness (QED) is 0.366. The Hall–Kier alpha value is -3.33. The van der Waals surface area contributed by atoms with Crippen LogP contribution in [0.5, 0.6) is 5.75 Å². The number of rotatable bonds is 5. The number of phenolic OH excluding ortho intramolecular Hbond substituents is 1. The summed E-state index contributed by atoms with van der Waals surface area (Å²) in [6.45, 7) is 7.37. The molecule has 6 rings (SSSR count). The monoisotopic (exact) mass is 515 g/mol. The maximum absolute atomic E-state index is 15.0. The number of halogens is 1. The molecule has 0 bridgehead atoms. The van der Waals surface area contributed by atoms with E-state index in [2.05, 4.69) is 41.4 Å². The van der Waals surface area contributed by atoms with Crippen molar-refractivity contribution in [3.63, 3.8) is 0 Å². The van der Waals surface area contributed by atoms with Crippen molar-refractivity contribution in [2.45, 2.75) is 58.0 Å². The molecule has 8 heteroatoms. The molecule has 2 N–H and O–H groups in total. The average Bonchev–Trinajstić information content (AvgIpc) is 3.27. The van der Waals surface area contributed by atoms with E-state index in [1.807, 2.05) is 23.7 Å². The minimum atomic E-state index is -0.501. The fourth-order valence-corrected chi connectivity index (χ4v) is 5.76. The third-order valence-electron chi connectivity index (χ3n) is 7.85. The first kappa shape index (κ1) is 25.0. The summed E-state index contributed by atoms with van der Waals surface area (Å²) >= 11 is 0.